The van der Waals surface area contributed by atoms with E-state index in [1.54, 1.807) is 22.2 Å². The van der Waals surface area contributed by atoms with Gasteiger partial charge in [-0.3, -0.25) is 0 Å². The van der Waals surface area contributed by atoms with E-state index in [1.165, 1.54) is 17.8 Å². The normalized spacial score (nSPS) is 14.0. The van der Waals surface area contributed by atoms with E-state index in [0.717, 1.165) is 16.9 Å². The number of hydrogen-bond donors (Lipinski definition) is 0. The zero-order valence-corrected chi connectivity index (χ0v) is 15.2. The van der Waals surface area contributed by atoms with Crippen LogP contribution in [0, 0.1) is 0 Å². The van der Waals surface area contributed by atoms with Crippen LogP contribution in [0.4, 0.5) is 0 Å². The van der Waals surface area contributed by atoms with Crippen LogP contribution in [-0.4, -0.2) is 24.9 Å². The quantitative estimate of drug-likeness (QED) is 0.507. The summed E-state index contributed by atoms with van der Waals surface area (Å²) in [6.45, 7) is 0. The predicted molar refractivity (Wildman–Crippen MR) is 98.8 cm³/mol. The molecule has 1 aliphatic carbocycles. The first-order valence-electron chi connectivity index (χ1n) is 8.32. The Kier molecular flexibility index (Phi) is 3.83. The van der Waals surface area contributed by atoms with Crippen LogP contribution in [0.2, 0.25) is 5.02 Å². The van der Waals surface area contributed by atoms with E-state index in [0.29, 0.717) is 29.1 Å². The van der Waals surface area contributed by atoms with Crippen molar-refractivity contribution in [2.24, 2.45) is 0 Å². The third-order valence-electron chi connectivity index (χ3n) is 4.21. The average Bonchev–Trinajstić information content (AvgIpc) is 3.04. The highest BCUT2D eigenvalue weighted by atomic mass is 35.5. The first-order valence-corrected chi connectivity index (χ1v) is 9.58. The van der Waals surface area contributed by atoms with Crippen LogP contribution >= 0.6 is 22.9 Å². The molecule has 0 atom stereocenters. The number of halogens is 1. The summed E-state index contributed by atoms with van der Waals surface area (Å²) in [4.78, 5) is 9.14. The van der Waals surface area contributed by atoms with E-state index in [9.17, 15) is 0 Å². The van der Waals surface area contributed by atoms with Crippen LogP contribution in [0.3, 0.4) is 0 Å². The molecule has 0 aliphatic heterocycles. The maximum Gasteiger partial charge on any atom is 0.233 e. The van der Waals surface area contributed by atoms with Gasteiger partial charge in [-0.2, -0.15) is 10.1 Å². The lowest BCUT2D eigenvalue weighted by molar-refractivity contribution is 0.385. The molecule has 8 heteroatoms. The second kappa shape index (κ2) is 6.34. The summed E-state index contributed by atoms with van der Waals surface area (Å²) < 4.78 is 7.12. The molecule has 26 heavy (non-hydrogen) atoms. The number of rotatable bonds is 5. The van der Waals surface area contributed by atoms with Crippen molar-refractivity contribution in [2.45, 2.75) is 25.2 Å². The molecule has 6 nitrogen and oxygen atoms in total. The Balaban J connectivity index is 1.34. The zero-order chi connectivity index (χ0) is 17.5. The molecule has 1 fully saturated rings. The van der Waals surface area contributed by atoms with E-state index in [-0.39, 0.29) is 0 Å². The number of hydrogen-bond acceptors (Lipinski definition) is 6. The predicted octanol–water partition coefficient (Wildman–Crippen LogP) is 4.50. The molecule has 1 saturated carbocycles. The molecule has 0 amide bonds. The fourth-order valence-electron chi connectivity index (χ4n) is 2.72. The summed E-state index contributed by atoms with van der Waals surface area (Å²) in [6, 6.07) is 7.49. The molecule has 1 aliphatic rings. The molecular weight excluding hydrogens is 370 g/mol. The molecule has 3 heterocycles. The lowest BCUT2D eigenvalue weighted by Gasteiger charge is -2.00. The molecule has 0 bridgehead atoms. The second-order valence-corrected chi connectivity index (χ2v) is 7.62. The molecule has 1 aromatic carbocycles. The Labute approximate surface area is 158 Å². The van der Waals surface area contributed by atoms with Crippen molar-refractivity contribution < 1.29 is 4.52 Å². The number of thiazole rings is 1. The van der Waals surface area contributed by atoms with Gasteiger partial charge in [0.2, 0.25) is 11.7 Å². The van der Waals surface area contributed by atoms with Crippen LogP contribution < -0.4 is 0 Å². The number of aromatic nitrogens is 5. The highest BCUT2D eigenvalue weighted by molar-refractivity contribution is 7.09. The van der Waals surface area contributed by atoms with Gasteiger partial charge in [-0.25, -0.2) is 9.67 Å². The standard InChI is InChI=1S/C18H14ClN5OS/c19-13-2-1-3-15(6-13)24-9-12(8-20-24)17-22-16(25-23-17)7-14-10-26-18(21-14)11-4-5-11/h1-3,6,8-11H,4-5,7H2. The van der Waals surface area contributed by atoms with E-state index in [4.69, 9.17) is 16.1 Å². The fraction of sp³-hybridized carbons (Fsp3) is 0.222. The minimum Gasteiger partial charge on any atom is -0.339 e. The Morgan fingerprint density at radius 1 is 1.27 bits per heavy atom. The average molecular weight is 384 g/mol. The minimum absolute atomic E-state index is 0.519. The van der Waals surface area contributed by atoms with Crippen molar-refractivity contribution in [3.63, 3.8) is 0 Å². The first-order chi connectivity index (χ1) is 12.7. The van der Waals surface area contributed by atoms with Crippen LogP contribution in [0.25, 0.3) is 17.1 Å². The number of nitrogens with zero attached hydrogens (tertiary/aromatic N) is 5. The van der Waals surface area contributed by atoms with Crippen LogP contribution in [0.1, 0.15) is 35.4 Å². The van der Waals surface area contributed by atoms with E-state index < -0.39 is 0 Å². The van der Waals surface area contributed by atoms with Crippen LogP contribution in [-0.2, 0) is 6.42 Å². The summed E-state index contributed by atoms with van der Waals surface area (Å²) in [5.41, 5.74) is 2.65. The molecule has 0 radical (unpaired) electrons. The van der Waals surface area contributed by atoms with Crippen LogP contribution in [0.15, 0.2) is 46.6 Å². The maximum absolute atomic E-state index is 6.04. The topological polar surface area (TPSA) is 69.6 Å². The van der Waals surface area contributed by atoms with Gasteiger partial charge in [0.25, 0.3) is 0 Å². The van der Waals surface area contributed by atoms with Crippen molar-refractivity contribution in [3.8, 4) is 17.1 Å². The number of benzene rings is 1. The fourth-order valence-corrected chi connectivity index (χ4v) is 3.89. The van der Waals surface area contributed by atoms with Gasteiger partial charge in [-0.1, -0.05) is 22.8 Å². The van der Waals surface area contributed by atoms with Gasteiger partial charge in [-0.15, -0.1) is 11.3 Å². The first kappa shape index (κ1) is 15.7. The zero-order valence-electron chi connectivity index (χ0n) is 13.7. The largest absolute Gasteiger partial charge is 0.339 e. The van der Waals surface area contributed by atoms with Crippen molar-refractivity contribution in [1.29, 1.82) is 0 Å². The Morgan fingerprint density at radius 3 is 3.04 bits per heavy atom. The van der Waals surface area contributed by atoms with Crippen molar-refractivity contribution in [1.82, 2.24) is 24.9 Å². The Bertz CT molecular complexity index is 1060. The molecule has 4 aromatic rings. The van der Waals surface area contributed by atoms with Gasteiger partial charge < -0.3 is 4.52 Å². The maximum atomic E-state index is 6.04. The lowest BCUT2D eigenvalue weighted by Crippen LogP contribution is -1.93. The SMILES string of the molecule is Clc1cccc(-n2cc(-c3noc(Cc4csc(C5CC5)n4)n3)cn2)c1. The molecular formula is C18H14ClN5OS. The minimum atomic E-state index is 0.519. The molecule has 5 rings (SSSR count). The molecule has 3 aromatic heterocycles. The third-order valence-corrected chi connectivity index (χ3v) is 5.50. The summed E-state index contributed by atoms with van der Waals surface area (Å²) in [5, 5.41) is 12.4. The lowest BCUT2D eigenvalue weighted by atomic mass is 10.3. The molecule has 130 valence electrons. The van der Waals surface area contributed by atoms with Gasteiger partial charge in [0, 0.05) is 22.5 Å². The summed E-state index contributed by atoms with van der Waals surface area (Å²) in [5.74, 6) is 1.75. The van der Waals surface area contributed by atoms with Crippen molar-refractivity contribution in [3.05, 3.63) is 63.7 Å². The highest BCUT2D eigenvalue weighted by Gasteiger charge is 2.26. The third kappa shape index (κ3) is 3.15. The molecule has 0 spiro atoms. The molecule has 0 saturated heterocycles. The summed E-state index contributed by atoms with van der Waals surface area (Å²) >= 11 is 7.76. The van der Waals surface area contributed by atoms with Crippen LogP contribution in [0.5, 0.6) is 0 Å². The van der Waals surface area contributed by atoms with Gasteiger partial charge in [0.05, 0.1) is 34.6 Å². The Morgan fingerprint density at radius 2 is 2.19 bits per heavy atom. The van der Waals surface area contributed by atoms with Gasteiger partial charge >= 0.3 is 0 Å². The van der Waals surface area contributed by atoms with E-state index in [2.05, 4.69) is 25.6 Å². The molecule has 0 N–H and O–H groups in total. The second-order valence-electron chi connectivity index (χ2n) is 6.29. The summed E-state index contributed by atoms with van der Waals surface area (Å²) in [7, 11) is 0. The van der Waals surface area contributed by atoms with Crippen molar-refractivity contribution >= 4 is 22.9 Å². The van der Waals surface area contributed by atoms with E-state index in [1.807, 2.05) is 30.5 Å². The smallest absolute Gasteiger partial charge is 0.233 e. The highest BCUT2D eigenvalue weighted by Crippen LogP contribution is 2.41. The van der Waals surface area contributed by atoms with Crippen molar-refractivity contribution in [2.75, 3.05) is 0 Å². The van der Waals surface area contributed by atoms with Gasteiger partial charge in [0.15, 0.2) is 0 Å². The van der Waals surface area contributed by atoms with Gasteiger partial charge in [-0.05, 0) is 31.0 Å². The van der Waals surface area contributed by atoms with E-state index >= 15 is 0 Å². The Hall–Kier alpha value is -2.51. The van der Waals surface area contributed by atoms with Gasteiger partial charge in [0.1, 0.15) is 0 Å². The summed E-state index contributed by atoms with van der Waals surface area (Å²) in [6.07, 6.45) is 6.64. The molecule has 0 unspecified atom stereocenters. The monoisotopic (exact) mass is 383 g/mol.